The van der Waals surface area contributed by atoms with Crippen molar-refractivity contribution in [1.82, 2.24) is 0 Å². The molecule has 112 valence electrons. The third-order valence-corrected chi connectivity index (χ3v) is 2.92. The Morgan fingerprint density at radius 1 is 1.19 bits per heavy atom. The number of benzene rings is 1. The molecule has 1 unspecified atom stereocenters. The van der Waals surface area contributed by atoms with Crippen LogP contribution in [0.15, 0.2) is 40.8 Å². The number of halogens is 3. The topological polar surface area (TPSA) is 65.5 Å². The van der Waals surface area contributed by atoms with Crippen LogP contribution in [-0.4, -0.2) is 13.1 Å². The molecule has 2 N–H and O–H groups in total. The van der Waals surface area contributed by atoms with E-state index in [0.29, 0.717) is 5.56 Å². The number of hydrogen-bond acceptors (Lipinski definition) is 4. The van der Waals surface area contributed by atoms with E-state index in [1.807, 2.05) is 0 Å². The minimum atomic E-state index is -4.40. The van der Waals surface area contributed by atoms with Gasteiger partial charge in [0.15, 0.2) is 0 Å². The van der Waals surface area contributed by atoms with Gasteiger partial charge < -0.3 is 14.9 Å². The van der Waals surface area contributed by atoms with E-state index >= 15 is 0 Å². The van der Waals surface area contributed by atoms with Crippen LogP contribution in [0.2, 0.25) is 0 Å². The summed E-state index contributed by atoms with van der Waals surface area (Å²) < 4.78 is 47.1. The standard InChI is InChI=1S/C14H12F3NO3/c1-20-13(19)11-7-6-10(21-11)12(18)8-2-4-9(5-3-8)14(15,16)17/h2-7,12H,18H2,1H3. The first-order chi connectivity index (χ1) is 9.82. The molecule has 0 spiro atoms. The highest BCUT2D eigenvalue weighted by Gasteiger charge is 2.30. The highest BCUT2D eigenvalue weighted by molar-refractivity contribution is 5.86. The van der Waals surface area contributed by atoms with Gasteiger partial charge in [-0.3, -0.25) is 0 Å². The molecule has 1 heterocycles. The van der Waals surface area contributed by atoms with Gasteiger partial charge in [-0.1, -0.05) is 12.1 Å². The number of hydrogen-bond donors (Lipinski definition) is 1. The van der Waals surface area contributed by atoms with Crippen molar-refractivity contribution in [1.29, 1.82) is 0 Å². The van der Waals surface area contributed by atoms with Gasteiger partial charge in [-0.25, -0.2) is 4.79 Å². The second-order valence-corrected chi connectivity index (χ2v) is 4.29. The molecule has 0 aliphatic rings. The van der Waals surface area contributed by atoms with Crippen molar-refractivity contribution in [2.24, 2.45) is 5.73 Å². The van der Waals surface area contributed by atoms with Gasteiger partial charge in [0.05, 0.1) is 18.7 Å². The van der Waals surface area contributed by atoms with Crippen molar-refractivity contribution in [3.63, 3.8) is 0 Å². The van der Waals surface area contributed by atoms with Gasteiger partial charge in [-0.05, 0) is 29.8 Å². The van der Waals surface area contributed by atoms with Crippen LogP contribution in [0.4, 0.5) is 13.2 Å². The summed E-state index contributed by atoms with van der Waals surface area (Å²) in [6.07, 6.45) is -4.40. The molecule has 0 bridgehead atoms. The smallest absolute Gasteiger partial charge is 0.416 e. The van der Waals surface area contributed by atoms with Gasteiger partial charge in [0.2, 0.25) is 5.76 Å². The number of carbonyl (C=O) groups excluding carboxylic acids is 1. The van der Waals surface area contributed by atoms with Gasteiger partial charge in [0.1, 0.15) is 5.76 Å². The van der Waals surface area contributed by atoms with E-state index in [2.05, 4.69) is 4.74 Å². The van der Waals surface area contributed by atoms with Gasteiger partial charge in [0, 0.05) is 0 Å². The second kappa shape index (κ2) is 5.61. The lowest BCUT2D eigenvalue weighted by Gasteiger charge is -2.11. The molecule has 1 aromatic carbocycles. The van der Waals surface area contributed by atoms with Crippen molar-refractivity contribution in [3.05, 3.63) is 59.0 Å². The van der Waals surface area contributed by atoms with Crippen LogP contribution in [0.1, 0.15) is 33.5 Å². The van der Waals surface area contributed by atoms with Gasteiger partial charge >= 0.3 is 12.1 Å². The van der Waals surface area contributed by atoms with E-state index in [9.17, 15) is 18.0 Å². The Kier molecular flexibility index (Phi) is 4.04. The number of rotatable bonds is 3. The first-order valence-corrected chi connectivity index (χ1v) is 5.93. The monoisotopic (exact) mass is 299 g/mol. The maximum absolute atomic E-state index is 12.5. The Morgan fingerprint density at radius 3 is 2.33 bits per heavy atom. The van der Waals surface area contributed by atoms with E-state index in [1.54, 1.807) is 0 Å². The van der Waals surface area contributed by atoms with Crippen molar-refractivity contribution >= 4 is 5.97 Å². The summed E-state index contributed by atoms with van der Waals surface area (Å²) >= 11 is 0. The van der Waals surface area contributed by atoms with E-state index in [1.165, 1.54) is 31.4 Å². The zero-order valence-corrected chi connectivity index (χ0v) is 11.0. The molecule has 7 heteroatoms. The van der Waals surface area contributed by atoms with Crippen LogP contribution >= 0.6 is 0 Å². The lowest BCUT2D eigenvalue weighted by atomic mass is 10.0. The summed E-state index contributed by atoms with van der Waals surface area (Å²) in [6, 6.07) is 6.53. The van der Waals surface area contributed by atoms with Crippen LogP contribution in [0, 0.1) is 0 Å². The summed E-state index contributed by atoms with van der Waals surface area (Å²) in [5.41, 5.74) is 5.59. The molecule has 0 fully saturated rings. The molecule has 0 saturated heterocycles. The van der Waals surface area contributed by atoms with E-state index in [-0.39, 0.29) is 11.5 Å². The number of esters is 1. The van der Waals surface area contributed by atoms with E-state index < -0.39 is 23.8 Å². The molecule has 21 heavy (non-hydrogen) atoms. The number of alkyl halides is 3. The maximum atomic E-state index is 12.5. The SMILES string of the molecule is COC(=O)c1ccc(C(N)c2ccc(C(F)(F)F)cc2)o1. The normalized spacial score (nSPS) is 13.0. The molecular weight excluding hydrogens is 287 g/mol. The Balaban J connectivity index is 2.22. The second-order valence-electron chi connectivity index (χ2n) is 4.29. The van der Waals surface area contributed by atoms with Gasteiger partial charge in [-0.2, -0.15) is 13.2 Å². The highest BCUT2D eigenvalue weighted by Crippen LogP contribution is 2.30. The Labute approximate surface area is 118 Å². The lowest BCUT2D eigenvalue weighted by molar-refractivity contribution is -0.137. The van der Waals surface area contributed by atoms with Crippen LogP contribution < -0.4 is 5.73 Å². The average Bonchev–Trinajstić information content (AvgIpc) is 2.94. The number of nitrogens with two attached hydrogens (primary N) is 1. The quantitative estimate of drug-likeness (QED) is 0.884. The predicted molar refractivity (Wildman–Crippen MR) is 67.5 cm³/mol. The summed E-state index contributed by atoms with van der Waals surface area (Å²) in [7, 11) is 1.21. The largest absolute Gasteiger partial charge is 0.463 e. The summed E-state index contributed by atoms with van der Waals surface area (Å²) in [6.45, 7) is 0. The number of carbonyl (C=O) groups is 1. The highest BCUT2D eigenvalue weighted by atomic mass is 19.4. The third-order valence-electron chi connectivity index (χ3n) is 2.92. The van der Waals surface area contributed by atoms with Crippen LogP contribution in [0.5, 0.6) is 0 Å². The Bertz CT molecular complexity index is 632. The first-order valence-electron chi connectivity index (χ1n) is 5.93. The fourth-order valence-electron chi connectivity index (χ4n) is 1.77. The molecule has 1 atom stereocenters. The minimum Gasteiger partial charge on any atom is -0.463 e. The fourth-order valence-corrected chi connectivity index (χ4v) is 1.77. The van der Waals surface area contributed by atoms with Crippen molar-refractivity contribution in [2.45, 2.75) is 12.2 Å². The van der Waals surface area contributed by atoms with Crippen molar-refractivity contribution in [2.75, 3.05) is 7.11 Å². The molecule has 0 aliphatic carbocycles. The molecule has 2 aromatic rings. The third kappa shape index (κ3) is 3.25. The summed E-state index contributed by atoms with van der Waals surface area (Å²) in [5, 5.41) is 0. The number of methoxy groups -OCH3 is 1. The number of furan rings is 1. The molecule has 0 saturated carbocycles. The molecule has 0 radical (unpaired) electrons. The van der Waals surface area contributed by atoms with Crippen molar-refractivity contribution in [3.8, 4) is 0 Å². The number of ether oxygens (including phenoxy) is 1. The zero-order chi connectivity index (χ0) is 15.6. The van der Waals surface area contributed by atoms with Gasteiger partial charge in [-0.15, -0.1) is 0 Å². The molecular formula is C14H12F3NO3. The molecule has 2 rings (SSSR count). The van der Waals surface area contributed by atoms with E-state index in [0.717, 1.165) is 12.1 Å². The molecule has 0 amide bonds. The zero-order valence-electron chi connectivity index (χ0n) is 11.0. The molecule has 0 aliphatic heterocycles. The predicted octanol–water partition coefficient (Wildman–Crippen LogP) is 3.13. The summed E-state index contributed by atoms with van der Waals surface area (Å²) in [5.74, 6) is -0.411. The minimum absolute atomic E-state index is 0.0186. The Morgan fingerprint density at radius 2 is 1.81 bits per heavy atom. The first kappa shape index (κ1) is 15.1. The van der Waals surface area contributed by atoms with Gasteiger partial charge in [0.25, 0.3) is 0 Å². The molecule has 1 aromatic heterocycles. The Hall–Kier alpha value is -2.28. The van der Waals surface area contributed by atoms with Crippen LogP contribution in [0.3, 0.4) is 0 Å². The summed E-state index contributed by atoms with van der Waals surface area (Å²) in [4.78, 5) is 11.3. The van der Waals surface area contributed by atoms with Crippen LogP contribution in [-0.2, 0) is 10.9 Å². The average molecular weight is 299 g/mol. The fraction of sp³-hybridized carbons (Fsp3) is 0.214. The maximum Gasteiger partial charge on any atom is 0.416 e. The van der Waals surface area contributed by atoms with Crippen LogP contribution in [0.25, 0.3) is 0 Å². The van der Waals surface area contributed by atoms with E-state index in [4.69, 9.17) is 10.2 Å². The lowest BCUT2D eigenvalue weighted by Crippen LogP contribution is -2.12. The van der Waals surface area contributed by atoms with Crippen molar-refractivity contribution < 1.29 is 27.1 Å². The molecule has 4 nitrogen and oxygen atoms in total.